The predicted octanol–water partition coefficient (Wildman–Crippen LogP) is 2.61. The number of amides is 1. The van der Waals surface area contributed by atoms with Gasteiger partial charge in [-0.2, -0.15) is 5.10 Å². The highest BCUT2D eigenvalue weighted by Gasteiger charge is 2.18. The van der Waals surface area contributed by atoms with Gasteiger partial charge in [0, 0.05) is 22.9 Å². The van der Waals surface area contributed by atoms with Crippen LogP contribution < -0.4 is 5.32 Å². The first kappa shape index (κ1) is 12.4. The first-order valence-corrected chi connectivity index (χ1v) is 5.89. The number of nitrogens with one attached hydrogen (secondary N) is 2. The van der Waals surface area contributed by atoms with Gasteiger partial charge in [0.05, 0.1) is 5.69 Å². The van der Waals surface area contributed by atoms with Crippen LogP contribution >= 0.6 is 0 Å². The molecule has 0 saturated heterocycles. The van der Waals surface area contributed by atoms with Crippen LogP contribution in [0.3, 0.4) is 0 Å². The molecule has 0 aliphatic carbocycles. The van der Waals surface area contributed by atoms with Crippen LogP contribution in [0.25, 0.3) is 11.3 Å². The maximum atomic E-state index is 12.2. The molecule has 1 aromatic carbocycles. The lowest BCUT2D eigenvalue weighted by Gasteiger charge is -2.21. The zero-order chi connectivity index (χ0) is 13.2. The van der Waals surface area contributed by atoms with E-state index in [1.165, 1.54) is 0 Å². The Hall–Kier alpha value is -2.10. The molecule has 18 heavy (non-hydrogen) atoms. The molecule has 2 aromatic rings. The normalized spacial score (nSPS) is 11.3. The van der Waals surface area contributed by atoms with Crippen LogP contribution in [0.15, 0.2) is 36.5 Å². The molecule has 0 fully saturated rings. The Morgan fingerprint density at radius 2 is 1.94 bits per heavy atom. The second kappa shape index (κ2) is 4.64. The van der Waals surface area contributed by atoms with Crippen molar-refractivity contribution in [1.29, 1.82) is 0 Å². The Morgan fingerprint density at radius 3 is 2.56 bits per heavy atom. The summed E-state index contributed by atoms with van der Waals surface area (Å²) in [5.41, 5.74) is 2.10. The molecule has 0 aliphatic heterocycles. The van der Waals surface area contributed by atoms with Crippen LogP contribution in [0.5, 0.6) is 0 Å². The van der Waals surface area contributed by atoms with Gasteiger partial charge in [-0.3, -0.25) is 9.89 Å². The number of carbonyl (C=O) groups is 1. The summed E-state index contributed by atoms with van der Waals surface area (Å²) in [6.45, 7) is 5.89. The topological polar surface area (TPSA) is 57.8 Å². The molecule has 4 heteroatoms. The summed E-state index contributed by atoms with van der Waals surface area (Å²) in [5, 5.41) is 9.76. The van der Waals surface area contributed by atoms with Crippen LogP contribution in [-0.2, 0) is 0 Å². The summed E-state index contributed by atoms with van der Waals surface area (Å²) >= 11 is 0. The van der Waals surface area contributed by atoms with Crippen molar-refractivity contribution in [2.75, 3.05) is 0 Å². The minimum atomic E-state index is -0.252. The summed E-state index contributed by atoms with van der Waals surface area (Å²) in [7, 11) is 0. The van der Waals surface area contributed by atoms with Crippen molar-refractivity contribution in [3.05, 3.63) is 42.1 Å². The van der Waals surface area contributed by atoms with Gasteiger partial charge in [-0.25, -0.2) is 0 Å². The summed E-state index contributed by atoms with van der Waals surface area (Å²) in [4.78, 5) is 12.2. The van der Waals surface area contributed by atoms with Crippen molar-refractivity contribution in [2.24, 2.45) is 0 Å². The fourth-order valence-electron chi connectivity index (χ4n) is 1.73. The van der Waals surface area contributed by atoms with Crippen molar-refractivity contribution < 1.29 is 4.79 Å². The molecule has 0 atom stereocenters. The maximum absolute atomic E-state index is 12.2. The number of benzene rings is 1. The van der Waals surface area contributed by atoms with Gasteiger partial charge in [-0.05, 0) is 32.9 Å². The molecule has 4 nitrogen and oxygen atoms in total. The van der Waals surface area contributed by atoms with Crippen LogP contribution in [0.1, 0.15) is 31.1 Å². The summed E-state index contributed by atoms with van der Waals surface area (Å²) in [6.07, 6.45) is 1.67. The van der Waals surface area contributed by atoms with Gasteiger partial charge in [-0.1, -0.05) is 18.2 Å². The van der Waals surface area contributed by atoms with Crippen molar-refractivity contribution >= 4 is 5.91 Å². The minimum absolute atomic E-state index is 0.0762. The molecule has 1 aromatic heterocycles. The standard InChI is InChI=1S/C14H17N3O/c1-14(2,3)16-13(18)11-7-5-4-6-10(11)12-8-9-15-17-12/h4-9H,1-3H3,(H,15,17)(H,16,18). The Balaban J connectivity index is 2.37. The summed E-state index contributed by atoms with van der Waals surface area (Å²) < 4.78 is 0. The highest BCUT2D eigenvalue weighted by Crippen LogP contribution is 2.21. The fraction of sp³-hybridized carbons (Fsp3) is 0.286. The van der Waals surface area contributed by atoms with Gasteiger partial charge in [0.2, 0.25) is 0 Å². The van der Waals surface area contributed by atoms with Crippen LogP contribution in [0, 0.1) is 0 Å². The molecule has 2 N–H and O–H groups in total. The van der Waals surface area contributed by atoms with Crippen LogP contribution in [-0.4, -0.2) is 21.6 Å². The lowest BCUT2D eigenvalue weighted by molar-refractivity contribution is 0.0920. The van der Waals surface area contributed by atoms with Crippen LogP contribution in [0.4, 0.5) is 0 Å². The quantitative estimate of drug-likeness (QED) is 0.851. The first-order chi connectivity index (χ1) is 8.47. The van der Waals surface area contributed by atoms with E-state index in [-0.39, 0.29) is 11.4 Å². The third kappa shape index (κ3) is 2.77. The van der Waals surface area contributed by atoms with E-state index >= 15 is 0 Å². The average Bonchev–Trinajstić information content (AvgIpc) is 2.80. The van der Waals surface area contributed by atoms with Crippen molar-refractivity contribution in [3.8, 4) is 11.3 Å². The first-order valence-electron chi connectivity index (χ1n) is 5.89. The van der Waals surface area contributed by atoms with Gasteiger partial charge in [0.15, 0.2) is 0 Å². The lowest BCUT2D eigenvalue weighted by atomic mass is 10.0. The van der Waals surface area contributed by atoms with E-state index in [1.54, 1.807) is 6.20 Å². The number of nitrogens with zero attached hydrogens (tertiary/aromatic N) is 1. The molecular weight excluding hydrogens is 226 g/mol. The van der Waals surface area contributed by atoms with Gasteiger partial charge >= 0.3 is 0 Å². The Labute approximate surface area is 106 Å². The Morgan fingerprint density at radius 1 is 1.22 bits per heavy atom. The lowest BCUT2D eigenvalue weighted by Crippen LogP contribution is -2.40. The molecular formula is C14H17N3O. The molecule has 0 unspecified atom stereocenters. The fourth-order valence-corrected chi connectivity index (χ4v) is 1.73. The second-order valence-corrected chi connectivity index (χ2v) is 5.22. The number of aromatic nitrogens is 2. The molecule has 0 saturated carbocycles. The largest absolute Gasteiger partial charge is 0.347 e. The second-order valence-electron chi connectivity index (χ2n) is 5.22. The zero-order valence-electron chi connectivity index (χ0n) is 10.8. The third-order valence-electron chi connectivity index (χ3n) is 2.45. The van der Waals surface area contributed by atoms with Crippen molar-refractivity contribution in [3.63, 3.8) is 0 Å². The number of hydrogen-bond donors (Lipinski definition) is 2. The summed E-state index contributed by atoms with van der Waals surface area (Å²) in [5.74, 6) is -0.0762. The highest BCUT2D eigenvalue weighted by molar-refractivity contribution is 6.00. The van der Waals surface area contributed by atoms with Gasteiger partial charge in [0.1, 0.15) is 0 Å². The highest BCUT2D eigenvalue weighted by atomic mass is 16.1. The molecule has 0 spiro atoms. The number of hydrogen-bond acceptors (Lipinski definition) is 2. The van der Waals surface area contributed by atoms with Crippen molar-refractivity contribution in [2.45, 2.75) is 26.3 Å². The molecule has 0 bridgehead atoms. The predicted molar refractivity (Wildman–Crippen MR) is 71.2 cm³/mol. The number of carbonyl (C=O) groups excluding carboxylic acids is 1. The number of rotatable bonds is 2. The number of H-pyrrole nitrogens is 1. The van der Waals surface area contributed by atoms with E-state index in [0.717, 1.165) is 11.3 Å². The minimum Gasteiger partial charge on any atom is -0.347 e. The Bertz CT molecular complexity index is 538. The van der Waals surface area contributed by atoms with E-state index in [9.17, 15) is 4.79 Å². The maximum Gasteiger partial charge on any atom is 0.252 e. The average molecular weight is 243 g/mol. The number of aromatic amines is 1. The Kier molecular flexibility index (Phi) is 3.19. The van der Waals surface area contributed by atoms with E-state index in [1.807, 2.05) is 51.1 Å². The molecule has 0 radical (unpaired) electrons. The monoisotopic (exact) mass is 243 g/mol. The van der Waals surface area contributed by atoms with Crippen LogP contribution in [0.2, 0.25) is 0 Å². The molecule has 0 aliphatic rings. The third-order valence-corrected chi connectivity index (χ3v) is 2.45. The summed E-state index contributed by atoms with van der Waals surface area (Å²) in [6, 6.07) is 9.34. The van der Waals surface area contributed by atoms with Gasteiger partial charge in [0.25, 0.3) is 5.91 Å². The SMILES string of the molecule is CC(C)(C)NC(=O)c1ccccc1-c1ccn[nH]1. The smallest absolute Gasteiger partial charge is 0.252 e. The molecule has 1 heterocycles. The van der Waals surface area contributed by atoms with E-state index < -0.39 is 0 Å². The van der Waals surface area contributed by atoms with Crippen molar-refractivity contribution in [1.82, 2.24) is 15.5 Å². The van der Waals surface area contributed by atoms with E-state index in [2.05, 4.69) is 15.5 Å². The molecule has 94 valence electrons. The molecule has 2 rings (SSSR count). The van der Waals surface area contributed by atoms with E-state index in [4.69, 9.17) is 0 Å². The van der Waals surface area contributed by atoms with E-state index in [0.29, 0.717) is 5.56 Å². The van der Waals surface area contributed by atoms with Gasteiger partial charge in [-0.15, -0.1) is 0 Å². The molecule has 1 amide bonds. The van der Waals surface area contributed by atoms with Gasteiger partial charge < -0.3 is 5.32 Å². The zero-order valence-corrected chi connectivity index (χ0v) is 10.8.